The van der Waals surface area contributed by atoms with Crippen LogP contribution in [0.25, 0.3) is 21.6 Å². The molecule has 0 spiro atoms. The van der Waals surface area contributed by atoms with E-state index in [-0.39, 0.29) is 16.5 Å². The summed E-state index contributed by atoms with van der Waals surface area (Å²) in [6.45, 7) is 4.51. The molecule has 0 bridgehead atoms. The van der Waals surface area contributed by atoms with Crippen molar-refractivity contribution in [2.75, 3.05) is 16.8 Å². The molecule has 0 radical (unpaired) electrons. The van der Waals surface area contributed by atoms with Gasteiger partial charge in [0.2, 0.25) is 5.13 Å². The van der Waals surface area contributed by atoms with E-state index in [9.17, 15) is 18.8 Å². The number of amides is 1. The molecule has 4 heterocycles. The normalized spacial score (nSPS) is 16.6. The number of rotatable bonds is 5. The zero-order valence-corrected chi connectivity index (χ0v) is 21.0. The van der Waals surface area contributed by atoms with Crippen LogP contribution in [-0.2, 0) is 18.9 Å². The molecule has 0 aliphatic carbocycles. The summed E-state index contributed by atoms with van der Waals surface area (Å²) >= 11 is 1.11. The third kappa shape index (κ3) is 3.88. The molecule has 1 N–H and O–H groups in total. The standard InChI is InChI=1S/C23H25FN8O3S/c1-12-6-5-9-31(12)16-8-7-14(10-15(16)24)20-27-28-22(36-20)26-19(33)13(2)32-18-17(11-25-32)29(3)23(35)30(4)21(18)34/h7-8,10-13H,5-6,9H2,1-4H3,(H,26,28,33)/t12-,13-/m0/s1. The number of aryl methyl sites for hydroxylation is 1. The Morgan fingerprint density at radius 3 is 2.69 bits per heavy atom. The van der Waals surface area contributed by atoms with Gasteiger partial charge in [-0.25, -0.2) is 13.9 Å². The number of aromatic nitrogens is 6. The summed E-state index contributed by atoms with van der Waals surface area (Å²) in [5, 5.41) is 15.7. The van der Waals surface area contributed by atoms with Gasteiger partial charge in [-0.1, -0.05) is 11.3 Å². The van der Waals surface area contributed by atoms with E-state index < -0.39 is 23.2 Å². The molecule has 1 aromatic carbocycles. The molecule has 36 heavy (non-hydrogen) atoms. The Morgan fingerprint density at radius 1 is 1.22 bits per heavy atom. The highest BCUT2D eigenvalue weighted by Crippen LogP contribution is 2.33. The van der Waals surface area contributed by atoms with Crippen LogP contribution in [-0.4, -0.2) is 47.6 Å². The molecule has 1 amide bonds. The maximum Gasteiger partial charge on any atom is 0.331 e. The predicted molar refractivity (Wildman–Crippen MR) is 135 cm³/mol. The predicted octanol–water partition coefficient (Wildman–Crippen LogP) is 2.28. The third-order valence-electron chi connectivity index (χ3n) is 6.68. The largest absolute Gasteiger partial charge is 0.366 e. The second kappa shape index (κ2) is 8.97. The average Bonchev–Trinajstić information content (AvgIpc) is 3.61. The van der Waals surface area contributed by atoms with E-state index in [1.807, 2.05) is 0 Å². The van der Waals surface area contributed by atoms with Crippen LogP contribution >= 0.6 is 11.3 Å². The Labute approximate surface area is 208 Å². The fourth-order valence-corrected chi connectivity index (χ4v) is 5.29. The van der Waals surface area contributed by atoms with Crippen LogP contribution in [0, 0.1) is 5.82 Å². The van der Waals surface area contributed by atoms with Gasteiger partial charge >= 0.3 is 5.69 Å². The fourth-order valence-electron chi connectivity index (χ4n) is 4.55. The zero-order chi connectivity index (χ0) is 25.7. The van der Waals surface area contributed by atoms with Crippen LogP contribution in [0.5, 0.6) is 0 Å². The van der Waals surface area contributed by atoms with Crippen molar-refractivity contribution in [1.82, 2.24) is 29.1 Å². The monoisotopic (exact) mass is 512 g/mol. The molecule has 3 aromatic heterocycles. The van der Waals surface area contributed by atoms with Gasteiger partial charge in [0.25, 0.3) is 11.5 Å². The number of halogens is 1. The molecule has 188 valence electrons. The molecular weight excluding hydrogens is 487 g/mol. The lowest BCUT2D eigenvalue weighted by atomic mass is 10.1. The van der Waals surface area contributed by atoms with Crippen molar-refractivity contribution >= 4 is 39.1 Å². The van der Waals surface area contributed by atoms with Crippen molar-refractivity contribution in [3.05, 3.63) is 51.1 Å². The second-order valence-corrected chi connectivity index (χ2v) is 9.93. The topological polar surface area (TPSA) is 120 Å². The van der Waals surface area contributed by atoms with Crippen molar-refractivity contribution in [1.29, 1.82) is 0 Å². The van der Waals surface area contributed by atoms with Crippen molar-refractivity contribution in [2.45, 2.75) is 38.8 Å². The Hall–Kier alpha value is -3.87. The number of benzene rings is 1. The summed E-state index contributed by atoms with van der Waals surface area (Å²) in [5.74, 6) is -0.791. The van der Waals surface area contributed by atoms with Gasteiger partial charge in [-0.05, 0) is 44.9 Å². The van der Waals surface area contributed by atoms with Crippen LogP contribution in [0.3, 0.4) is 0 Å². The molecule has 4 aromatic rings. The van der Waals surface area contributed by atoms with E-state index in [4.69, 9.17) is 0 Å². The molecule has 11 nitrogen and oxygen atoms in total. The fraction of sp³-hybridized carbons (Fsp3) is 0.391. The molecule has 1 fully saturated rings. The first-order valence-electron chi connectivity index (χ1n) is 11.5. The van der Waals surface area contributed by atoms with Gasteiger partial charge in [0.15, 0.2) is 5.52 Å². The Kier molecular flexibility index (Phi) is 5.94. The first-order chi connectivity index (χ1) is 17.2. The van der Waals surface area contributed by atoms with Crippen LogP contribution < -0.4 is 21.5 Å². The summed E-state index contributed by atoms with van der Waals surface area (Å²) < 4.78 is 18.4. The first kappa shape index (κ1) is 23.9. The highest BCUT2D eigenvalue weighted by Gasteiger charge is 2.25. The van der Waals surface area contributed by atoms with Crippen LogP contribution in [0.1, 0.15) is 32.7 Å². The second-order valence-electron chi connectivity index (χ2n) is 8.96. The van der Waals surface area contributed by atoms with E-state index in [2.05, 4.69) is 32.4 Å². The number of anilines is 2. The van der Waals surface area contributed by atoms with Gasteiger partial charge in [-0.15, -0.1) is 10.2 Å². The molecule has 0 saturated carbocycles. The highest BCUT2D eigenvalue weighted by molar-refractivity contribution is 7.18. The maximum atomic E-state index is 14.9. The SMILES string of the molecule is C[C@H]1CCCN1c1ccc(-c2nnc(NC(=O)[C@H](C)n3ncc4c3c(=O)n(C)c(=O)n4C)s2)cc1F. The lowest BCUT2D eigenvalue weighted by molar-refractivity contribution is -0.119. The van der Waals surface area contributed by atoms with Crippen molar-refractivity contribution in [2.24, 2.45) is 14.1 Å². The Balaban J connectivity index is 1.36. The minimum Gasteiger partial charge on any atom is -0.366 e. The molecule has 1 aliphatic rings. The Morgan fingerprint density at radius 2 is 2.00 bits per heavy atom. The van der Waals surface area contributed by atoms with Gasteiger partial charge in [0, 0.05) is 32.2 Å². The van der Waals surface area contributed by atoms with Gasteiger partial charge in [-0.2, -0.15) is 5.10 Å². The minimum atomic E-state index is -0.876. The van der Waals surface area contributed by atoms with E-state index in [0.29, 0.717) is 27.8 Å². The third-order valence-corrected chi connectivity index (χ3v) is 7.56. The number of hydrogen-bond donors (Lipinski definition) is 1. The van der Waals surface area contributed by atoms with E-state index in [1.54, 1.807) is 19.1 Å². The Bertz CT molecular complexity index is 1600. The number of fused-ring (bicyclic) bond motifs is 1. The molecule has 1 saturated heterocycles. The highest BCUT2D eigenvalue weighted by atomic mass is 32.1. The first-order valence-corrected chi connectivity index (χ1v) is 12.3. The van der Waals surface area contributed by atoms with Crippen LogP contribution in [0.4, 0.5) is 15.2 Å². The number of nitrogens with zero attached hydrogens (tertiary/aromatic N) is 7. The summed E-state index contributed by atoms with van der Waals surface area (Å²) in [6, 6.07) is 4.41. The summed E-state index contributed by atoms with van der Waals surface area (Å²) in [6.07, 6.45) is 3.47. The molecule has 0 unspecified atom stereocenters. The summed E-state index contributed by atoms with van der Waals surface area (Å²) in [5.41, 5.74) is 0.586. The quantitative estimate of drug-likeness (QED) is 0.436. The van der Waals surface area contributed by atoms with E-state index in [0.717, 1.165) is 35.3 Å². The lowest BCUT2D eigenvalue weighted by Gasteiger charge is -2.24. The van der Waals surface area contributed by atoms with Gasteiger partial charge in [0.1, 0.15) is 16.9 Å². The zero-order valence-electron chi connectivity index (χ0n) is 20.2. The smallest absolute Gasteiger partial charge is 0.331 e. The number of nitrogens with one attached hydrogen (secondary N) is 1. The lowest BCUT2D eigenvalue weighted by Crippen LogP contribution is -2.38. The molecule has 5 rings (SSSR count). The van der Waals surface area contributed by atoms with Crippen molar-refractivity contribution in [3.8, 4) is 10.6 Å². The molecule has 2 atom stereocenters. The minimum absolute atomic E-state index is 0.142. The van der Waals surface area contributed by atoms with Gasteiger partial charge in [-0.3, -0.25) is 24.0 Å². The number of carbonyl (C=O) groups excluding carboxylic acids is 1. The molecule has 13 heteroatoms. The number of hydrogen-bond acceptors (Lipinski definition) is 8. The molecule has 1 aliphatic heterocycles. The van der Waals surface area contributed by atoms with Crippen LogP contribution in [0.15, 0.2) is 34.0 Å². The number of carbonyl (C=O) groups is 1. The maximum absolute atomic E-state index is 14.9. The van der Waals surface area contributed by atoms with Crippen LogP contribution in [0.2, 0.25) is 0 Å². The van der Waals surface area contributed by atoms with Crippen molar-refractivity contribution < 1.29 is 9.18 Å². The summed E-state index contributed by atoms with van der Waals surface area (Å²) in [7, 11) is 2.90. The van der Waals surface area contributed by atoms with Gasteiger partial charge in [0.05, 0.1) is 17.4 Å². The molecular formula is C23H25FN8O3S. The van der Waals surface area contributed by atoms with E-state index >= 15 is 0 Å². The van der Waals surface area contributed by atoms with Gasteiger partial charge < -0.3 is 4.90 Å². The van der Waals surface area contributed by atoms with E-state index in [1.165, 1.54) is 35.6 Å². The van der Waals surface area contributed by atoms with Crippen molar-refractivity contribution in [3.63, 3.8) is 0 Å². The average molecular weight is 513 g/mol. The summed E-state index contributed by atoms with van der Waals surface area (Å²) in [4.78, 5) is 39.9.